The molecule has 4 heterocycles. The van der Waals surface area contributed by atoms with E-state index < -0.39 is 0 Å². The average Bonchev–Trinajstić information content (AvgIpc) is 2.88. The number of carbonyl (C=O) groups excluding carboxylic acids is 1. The second-order valence-corrected chi connectivity index (χ2v) is 7.44. The first kappa shape index (κ1) is 14.3. The normalized spacial score (nSPS) is 31.0. The van der Waals surface area contributed by atoms with E-state index in [1.165, 1.54) is 22.2 Å². The van der Waals surface area contributed by atoms with Gasteiger partial charge in [0.1, 0.15) is 0 Å². The van der Waals surface area contributed by atoms with Crippen molar-refractivity contribution in [3.63, 3.8) is 0 Å². The Morgan fingerprint density at radius 2 is 2.17 bits per heavy atom. The largest absolute Gasteiger partial charge is 0.500 e. The molecule has 1 aromatic carbocycles. The molecule has 2 aromatic rings. The lowest BCUT2D eigenvalue weighted by atomic mass is 9.68. The third kappa shape index (κ3) is 1.80. The van der Waals surface area contributed by atoms with Crippen molar-refractivity contribution in [2.24, 2.45) is 18.9 Å². The SMILES string of the molecule is CC(=O)C1=COC[C@H]2[C@H]3Cc4c(n(C)c5ccccc45)[C@@H](C[C@@H]12)N3. The predicted octanol–water partition coefficient (Wildman–Crippen LogP) is 2.87. The van der Waals surface area contributed by atoms with E-state index in [1.54, 1.807) is 13.2 Å². The lowest BCUT2D eigenvalue weighted by molar-refractivity contribution is -0.115. The van der Waals surface area contributed by atoms with Gasteiger partial charge in [-0.15, -0.1) is 0 Å². The fraction of sp³-hybridized carbons (Fsp3) is 0.450. The summed E-state index contributed by atoms with van der Waals surface area (Å²) in [5, 5.41) is 5.21. The maximum Gasteiger partial charge on any atom is 0.159 e. The Bertz CT molecular complexity index is 879. The minimum Gasteiger partial charge on any atom is -0.500 e. The van der Waals surface area contributed by atoms with Crippen LogP contribution in [0.25, 0.3) is 10.9 Å². The average molecular weight is 322 g/mol. The number of nitrogens with zero attached hydrogens (tertiary/aromatic N) is 1. The highest BCUT2D eigenvalue weighted by Crippen LogP contribution is 2.47. The Kier molecular flexibility index (Phi) is 2.95. The number of hydrogen-bond donors (Lipinski definition) is 1. The zero-order chi connectivity index (χ0) is 16.4. The minimum atomic E-state index is 0.155. The molecule has 0 spiro atoms. The van der Waals surface area contributed by atoms with E-state index in [4.69, 9.17) is 4.74 Å². The molecule has 124 valence electrons. The summed E-state index contributed by atoms with van der Waals surface area (Å²) >= 11 is 0. The summed E-state index contributed by atoms with van der Waals surface area (Å²) in [4.78, 5) is 12.1. The lowest BCUT2D eigenvalue weighted by Crippen LogP contribution is -2.55. The fourth-order valence-corrected chi connectivity index (χ4v) is 5.20. The Balaban J connectivity index is 1.65. The van der Waals surface area contributed by atoms with Gasteiger partial charge in [-0.05, 0) is 37.3 Å². The number of ether oxygens (including phenoxy) is 1. The number of nitrogens with one attached hydrogen (secondary N) is 1. The summed E-state index contributed by atoms with van der Waals surface area (Å²) in [6.07, 6.45) is 3.71. The van der Waals surface area contributed by atoms with Crippen LogP contribution >= 0.6 is 0 Å². The molecule has 3 aliphatic heterocycles. The number of ketones is 1. The molecule has 24 heavy (non-hydrogen) atoms. The van der Waals surface area contributed by atoms with Crippen molar-refractivity contribution in [3.05, 3.63) is 47.4 Å². The van der Waals surface area contributed by atoms with E-state index in [9.17, 15) is 4.79 Å². The van der Waals surface area contributed by atoms with Crippen molar-refractivity contribution in [2.75, 3.05) is 6.61 Å². The smallest absolute Gasteiger partial charge is 0.159 e. The molecule has 0 saturated carbocycles. The van der Waals surface area contributed by atoms with E-state index in [1.807, 2.05) is 0 Å². The Labute approximate surface area is 141 Å². The maximum atomic E-state index is 12.1. The molecule has 1 N–H and O–H groups in total. The van der Waals surface area contributed by atoms with Crippen molar-refractivity contribution >= 4 is 16.7 Å². The molecule has 4 nitrogen and oxygen atoms in total. The number of allylic oxidation sites excluding steroid dienone is 1. The third-order valence-corrected chi connectivity index (χ3v) is 6.26. The summed E-state index contributed by atoms with van der Waals surface area (Å²) in [6, 6.07) is 9.38. The number of aromatic nitrogens is 1. The molecule has 0 unspecified atom stereocenters. The van der Waals surface area contributed by atoms with Crippen LogP contribution in [0.3, 0.4) is 0 Å². The molecular formula is C20H22N2O2. The van der Waals surface area contributed by atoms with Crippen LogP contribution in [0, 0.1) is 11.8 Å². The van der Waals surface area contributed by atoms with Gasteiger partial charge in [-0.3, -0.25) is 4.79 Å². The van der Waals surface area contributed by atoms with Crippen molar-refractivity contribution in [3.8, 4) is 0 Å². The highest BCUT2D eigenvalue weighted by atomic mass is 16.5. The number of piperidine rings is 1. The summed E-state index contributed by atoms with van der Waals surface area (Å²) in [6.45, 7) is 2.38. The monoisotopic (exact) mass is 322 g/mol. The number of rotatable bonds is 1. The van der Waals surface area contributed by atoms with Crippen LogP contribution in [-0.4, -0.2) is 23.0 Å². The molecule has 3 aliphatic rings. The fourth-order valence-electron chi connectivity index (χ4n) is 5.20. The van der Waals surface area contributed by atoms with Gasteiger partial charge in [0.15, 0.2) is 5.78 Å². The third-order valence-electron chi connectivity index (χ3n) is 6.26. The maximum absolute atomic E-state index is 12.1. The molecule has 1 aromatic heterocycles. The number of fused-ring (bicyclic) bond motifs is 8. The second-order valence-electron chi connectivity index (χ2n) is 7.44. The van der Waals surface area contributed by atoms with Crippen molar-refractivity contribution < 1.29 is 9.53 Å². The summed E-state index contributed by atoms with van der Waals surface area (Å²) in [7, 11) is 2.17. The van der Waals surface area contributed by atoms with E-state index in [-0.39, 0.29) is 5.78 Å². The molecular weight excluding hydrogens is 300 g/mol. The molecule has 1 fully saturated rings. The molecule has 0 amide bonds. The molecule has 0 radical (unpaired) electrons. The zero-order valence-corrected chi connectivity index (χ0v) is 14.1. The van der Waals surface area contributed by atoms with Crippen molar-refractivity contribution in [2.45, 2.75) is 31.8 Å². The van der Waals surface area contributed by atoms with Crippen LogP contribution in [0.1, 0.15) is 30.6 Å². The van der Waals surface area contributed by atoms with E-state index in [2.05, 4.69) is 41.2 Å². The second kappa shape index (κ2) is 4.96. The predicted molar refractivity (Wildman–Crippen MR) is 92.6 cm³/mol. The summed E-state index contributed by atoms with van der Waals surface area (Å²) in [5.41, 5.74) is 5.07. The number of para-hydroxylation sites is 1. The van der Waals surface area contributed by atoms with E-state index >= 15 is 0 Å². The van der Waals surface area contributed by atoms with Crippen LogP contribution in [0.2, 0.25) is 0 Å². The molecule has 5 rings (SSSR count). The first-order chi connectivity index (χ1) is 11.6. The van der Waals surface area contributed by atoms with Crippen LogP contribution in [0.15, 0.2) is 36.1 Å². The summed E-state index contributed by atoms with van der Waals surface area (Å²) in [5.74, 6) is 0.859. The number of Topliss-reactive ketones (excluding diaryl/α,β-unsaturated/α-hetero) is 1. The quantitative estimate of drug-likeness (QED) is 0.878. The zero-order valence-electron chi connectivity index (χ0n) is 14.1. The minimum absolute atomic E-state index is 0.155. The highest BCUT2D eigenvalue weighted by Gasteiger charge is 2.46. The van der Waals surface area contributed by atoms with Gasteiger partial charge in [0.2, 0.25) is 0 Å². The van der Waals surface area contributed by atoms with Crippen LogP contribution in [0.4, 0.5) is 0 Å². The molecule has 1 saturated heterocycles. The number of hydrogen-bond acceptors (Lipinski definition) is 3. The van der Waals surface area contributed by atoms with Crippen LogP contribution in [-0.2, 0) is 23.0 Å². The summed E-state index contributed by atoms with van der Waals surface area (Å²) < 4.78 is 8.00. The highest BCUT2D eigenvalue weighted by molar-refractivity contribution is 5.93. The number of carbonyl (C=O) groups is 1. The van der Waals surface area contributed by atoms with E-state index in [0.29, 0.717) is 30.5 Å². The lowest BCUT2D eigenvalue weighted by Gasteiger charge is -2.48. The Morgan fingerprint density at radius 3 is 3.00 bits per heavy atom. The first-order valence-electron chi connectivity index (χ1n) is 8.80. The molecule has 4 heteroatoms. The van der Waals surface area contributed by atoms with Gasteiger partial charge in [0.05, 0.1) is 12.9 Å². The van der Waals surface area contributed by atoms with Gasteiger partial charge < -0.3 is 14.6 Å². The van der Waals surface area contributed by atoms with Crippen molar-refractivity contribution in [1.82, 2.24) is 9.88 Å². The van der Waals surface area contributed by atoms with Crippen LogP contribution < -0.4 is 5.32 Å². The van der Waals surface area contributed by atoms with Crippen LogP contribution in [0.5, 0.6) is 0 Å². The number of benzene rings is 1. The van der Waals surface area contributed by atoms with Gasteiger partial charge in [0, 0.05) is 47.2 Å². The Hall–Kier alpha value is -2.07. The van der Waals surface area contributed by atoms with Gasteiger partial charge in [-0.2, -0.15) is 0 Å². The van der Waals surface area contributed by atoms with Gasteiger partial charge in [-0.25, -0.2) is 0 Å². The molecule has 4 atom stereocenters. The Morgan fingerprint density at radius 1 is 1.33 bits per heavy atom. The topological polar surface area (TPSA) is 43.3 Å². The first-order valence-corrected chi connectivity index (χ1v) is 8.80. The molecule has 2 bridgehead atoms. The molecule has 0 aliphatic carbocycles. The van der Waals surface area contributed by atoms with Gasteiger partial charge in [-0.1, -0.05) is 18.2 Å². The standard InChI is InChI=1S/C20H22N2O2/c1-11(23)15-9-24-10-16-13(15)7-18-20-14(8-17(16)21-18)12-5-3-4-6-19(12)22(20)2/h3-6,9,13,16-18,21H,7-8,10H2,1-2H3/t13-,16+,17+,18+/m0/s1. The van der Waals surface area contributed by atoms with Gasteiger partial charge in [0.25, 0.3) is 0 Å². The van der Waals surface area contributed by atoms with E-state index in [0.717, 1.165) is 18.4 Å². The van der Waals surface area contributed by atoms with Gasteiger partial charge >= 0.3 is 0 Å². The number of aryl methyl sites for hydroxylation is 1. The van der Waals surface area contributed by atoms with Crippen molar-refractivity contribution in [1.29, 1.82) is 0 Å².